The number of rotatable bonds is 6. The molecule has 0 saturated heterocycles. The van der Waals surface area contributed by atoms with Gasteiger partial charge in [0, 0.05) is 19.1 Å². The van der Waals surface area contributed by atoms with Crippen LogP contribution >= 0.6 is 0 Å². The maximum atomic E-state index is 9.15. The fourth-order valence-electron chi connectivity index (χ4n) is 2.53. The van der Waals surface area contributed by atoms with Crippen molar-refractivity contribution >= 4 is 0 Å². The van der Waals surface area contributed by atoms with Crippen LogP contribution in [0.15, 0.2) is 0 Å². The van der Waals surface area contributed by atoms with Crippen LogP contribution in [0.2, 0.25) is 0 Å². The molecule has 0 unspecified atom stereocenters. The molecule has 3 nitrogen and oxygen atoms in total. The molecule has 1 aliphatic rings. The molecule has 3 heteroatoms. The summed E-state index contributed by atoms with van der Waals surface area (Å²) in [4.78, 5) is 2.39. The lowest BCUT2D eigenvalue weighted by atomic mass is 9.89. The Balaban J connectivity index is 2.45. The summed E-state index contributed by atoms with van der Waals surface area (Å²) in [6.07, 6.45) is 7.38. The van der Waals surface area contributed by atoms with E-state index in [1.165, 1.54) is 32.1 Å². The number of nitrogens with zero attached hydrogens (tertiary/aromatic N) is 2. The zero-order valence-corrected chi connectivity index (χ0v) is 11.3. The Morgan fingerprint density at radius 2 is 1.88 bits per heavy atom. The Bertz CT molecular complexity index is 251. The quantitative estimate of drug-likeness (QED) is 0.773. The molecule has 0 aliphatic heterocycles. The zero-order valence-electron chi connectivity index (χ0n) is 11.3. The number of aliphatic hydroxyl groups excluding tert-OH is 1. The maximum Gasteiger partial charge on any atom is 0.0684 e. The molecule has 0 aromatic heterocycles. The molecule has 0 amide bonds. The van der Waals surface area contributed by atoms with E-state index in [4.69, 9.17) is 10.4 Å². The van der Waals surface area contributed by atoms with Crippen LogP contribution in [0.3, 0.4) is 0 Å². The SMILES string of the molecule is CC(C)(C#N)CCN(CCO)C1CCCCC1. The first kappa shape index (κ1) is 14.5. The van der Waals surface area contributed by atoms with Gasteiger partial charge in [-0.2, -0.15) is 5.26 Å². The highest BCUT2D eigenvalue weighted by Gasteiger charge is 2.23. The lowest BCUT2D eigenvalue weighted by Crippen LogP contribution is -2.40. The van der Waals surface area contributed by atoms with Crippen molar-refractivity contribution in [2.45, 2.75) is 58.4 Å². The highest BCUT2D eigenvalue weighted by atomic mass is 16.3. The monoisotopic (exact) mass is 238 g/mol. The van der Waals surface area contributed by atoms with E-state index in [0.717, 1.165) is 19.5 Å². The molecule has 98 valence electrons. The van der Waals surface area contributed by atoms with Gasteiger partial charge in [-0.1, -0.05) is 19.3 Å². The van der Waals surface area contributed by atoms with E-state index in [0.29, 0.717) is 6.04 Å². The Morgan fingerprint density at radius 1 is 1.24 bits per heavy atom. The lowest BCUT2D eigenvalue weighted by Gasteiger charge is -2.35. The van der Waals surface area contributed by atoms with Gasteiger partial charge >= 0.3 is 0 Å². The summed E-state index contributed by atoms with van der Waals surface area (Å²) in [5, 5.41) is 18.2. The second-order valence-electron chi connectivity index (χ2n) is 5.80. The van der Waals surface area contributed by atoms with E-state index in [-0.39, 0.29) is 12.0 Å². The highest BCUT2D eigenvalue weighted by Crippen LogP contribution is 2.25. The van der Waals surface area contributed by atoms with Gasteiger partial charge in [-0.05, 0) is 33.1 Å². The fraction of sp³-hybridized carbons (Fsp3) is 0.929. The van der Waals surface area contributed by atoms with Crippen LogP contribution in [0, 0.1) is 16.7 Å². The topological polar surface area (TPSA) is 47.3 Å². The van der Waals surface area contributed by atoms with E-state index in [1.807, 2.05) is 13.8 Å². The van der Waals surface area contributed by atoms with Gasteiger partial charge < -0.3 is 5.11 Å². The van der Waals surface area contributed by atoms with Crippen LogP contribution in [0.1, 0.15) is 52.4 Å². The molecular formula is C14H26N2O. The van der Waals surface area contributed by atoms with Crippen LogP contribution in [0.4, 0.5) is 0 Å². The van der Waals surface area contributed by atoms with Gasteiger partial charge in [0.15, 0.2) is 0 Å². The van der Waals surface area contributed by atoms with Crippen molar-refractivity contribution in [2.75, 3.05) is 19.7 Å². The maximum absolute atomic E-state index is 9.15. The van der Waals surface area contributed by atoms with E-state index < -0.39 is 0 Å². The molecule has 0 bridgehead atoms. The van der Waals surface area contributed by atoms with Crippen molar-refractivity contribution in [2.24, 2.45) is 5.41 Å². The molecule has 1 N–H and O–H groups in total. The molecule has 1 saturated carbocycles. The van der Waals surface area contributed by atoms with Crippen molar-refractivity contribution in [3.8, 4) is 6.07 Å². The zero-order chi connectivity index (χ0) is 12.7. The number of hydrogen-bond donors (Lipinski definition) is 1. The summed E-state index contributed by atoms with van der Waals surface area (Å²) < 4.78 is 0. The van der Waals surface area contributed by atoms with Crippen molar-refractivity contribution in [3.05, 3.63) is 0 Å². The minimum atomic E-state index is -0.248. The van der Waals surface area contributed by atoms with Gasteiger partial charge in [0.05, 0.1) is 18.1 Å². The van der Waals surface area contributed by atoms with Crippen molar-refractivity contribution in [1.82, 2.24) is 4.90 Å². The molecule has 17 heavy (non-hydrogen) atoms. The predicted molar refractivity (Wildman–Crippen MR) is 69.5 cm³/mol. The Labute approximate surface area is 105 Å². The average molecular weight is 238 g/mol. The summed E-state index contributed by atoms with van der Waals surface area (Å²) in [5.41, 5.74) is -0.248. The first-order valence-electron chi connectivity index (χ1n) is 6.85. The molecule has 1 rings (SSSR count). The van der Waals surface area contributed by atoms with Crippen LogP contribution in [-0.2, 0) is 0 Å². The predicted octanol–water partition coefficient (Wildman–Crippen LogP) is 2.55. The van der Waals surface area contributed by atoms with E-state index >= 15 is 0 Å². The molecular weight excluding hydrogens is 212 g/mol. The smallest absolute Gasteiger partial charge is 0.0684 e. The van der Waals surface area contributed by atoms with Crippen molar-refractivity contribution < 1.29 is 5.11 Å². The first-order valence-corrected chi connectivity index (χ1v) is 6.85. The molecule has 0 radical (unpaired) electrons. The average Bonchev–Trinajstić information content (AvgIpc) is 2.35. The van der Waals surface area contributed by atoms with Crippen molar-refractivity contribution in [1.29, 1.82) is 5.26 Å². The van der Waals surface area contributed by atoms with Crippen molar-refractivity contribution in [3.63, 3.8) is 0 Å². The third-order valence-electron chi connectivity index (χ3n) is 3.80. The van der Waals surface area contributed by atoms with E-state index in [1.54, 1.807) is 0 Å². The Kier molecular flexibility index (Phi) is 5.94. The number of nitriles is 1. The standard InChI is InChI=1S/C14H26N2O/c1-14(2,12-15)8-9-16(10-11-17)13-6-4-3-5-7-13/h13,17H,3-11H2,1-2H3. The Morgan fingerprint density at radius 3 is 2.41 bits per heavy atom. The minimum Gasteiger partial charge on any atom is -0.395 e. The third-order valence-corrected chi connectivity index (χ3v) is 3.80. The number of hydrogen-bond acceptors (Lipinski definition) is 3. The molecule has 0 atom stereocenters. The normalized spacial score (nSPS) is 18.3. The third kappa shape index (κ3) is 5.06. The van der Waals surface area contributed by atoms with E-state index in [2.05, 4.69) is 11.0 Å². The first-order chi connectivity index (χ1) is 8.09. The van der Waals surface area contributed by atoms with Crippen LogP contribution < -0.4 is 0 Å². The molecule has 0 spiro atoms. The van der Waals surface area contributed by atoms with Gasteiger partial charge in [-0.3, -0.25) is 4.90 Å². The number of aliphatic hydroxyl groups is 1. The van der Waals surface area contributed by atoms with Gasteiger partial charge in [0.25, 0.3) is 0 Å². The molecule has 1 fully saturated rings. The summed E-state index contributed by atoms with van der Waals surface area (Å²) in [6.45, 7) is 5.90. The summed E-state index contributed by atoms with van der Waals surface area (Å²) >= 11 is 0. The van der Waals surface area contributed by atoms with Crippen LogP contribution in [0.5, 0.6) is 0 Å². The lowest BCUT2D eigenvalue weighted by molar-refractivity contribution is 0.114. The molecule has 0 aromatic rings. The summed E-state index contributed by atoms with van der Waals surface area (Å²) in [7, 11) is 0. The van der Waals surface area contributed by atoms with Gasteiger partial charge in [-0.25, -0.2) is 0 Å². The van der Waals surface area contributed by atoms with Crippen LogP contribution in [-0.4, -0.2) is 35.7 Å². The second kappa shape index (κ2) is 6.98. The molecule has 0 heterocycles. The van der Waals surface area contributed by atoms with Crippen LogP contribution in [0.25, 0.3) is 0 Å². The summed E-state index contributed by atoms with van der Waals surface area (Å²) in [6, 6.07) is 2.98. The highest BCUT2D eigenvalue weighted by molar-refractivity contribution is 4.92. The second-order valence-corrected chi connectivity index (χ2v) is 5.80. The minimum absolute atomic E-state index is 0.226. The van der Waals surface area contributed by atoms with E-state index in [9.17, 15) is 0 Å². The Hall–Kier alpha value is -0.590. The van der Waals surface area contributed by atoms with Gasteiger partial charge in [-0.15, -0.1) is 0 Å². The molecule has 0 aromatic carbocycles. The van der Waals surface area contributed by atoms with Gasteiger partial charge in [0.1, 0.15) is 0 Å². The van der Waals surface area contributed by atoms with Gasteiger partial charge in [0.2, 0.25) is 0 Å². The largest absolute Gasteiger partial charge is 0.395 e. The molecule has 1 aliphatic carbocycles. The fourth-order valence-corrected chi connectivity index (χ4v) is 2.53. The summed E-state index contributed by atoms with van der Waals surface area (Å²) in [5.74, 6) is 0.